The molecule has 2 N–H and O–H groups in total. The van der Waals surface area contributed by atoms with Gasteiger partial charge in [0, 0.05) is 6.54 Å². The predicted molar refractivity (Wildman–Crippen MR) is 92.6 cm³/mol. The standard InChI is InChI=1S/C18H19FN2O.ClH/c1-12-4-2-3-5-13(12)10-17(22)21-16-7-6-14-11-20-9-8-15(14)18(16)19;/h2-7,20H,8-11H2,1H3,(H,21,22);1H. The van der Waals surface area contributed by atoms with Crippen LogP contribution in [0.3, 0.4) is 0 Å². The molecule has 1 heterocycles. The molecule has 0 bridgehead atoms. The SMILES string of the molecule is Cc1ccccc1CC(=O)Nc1ccc2c(c1F)CCNC2.Cl. The Morgan fingerprint density at radius 3 is 2.83 bits per heavy atom. The third kappa shape index (κ3) is 3.89. The molecule has 1 aliphatic rings. The van der Waals surface area contributed by atoms with E-state index < -0.39 is 0 Å². The van der Waals surface area contributed by atoms with Crippen LogP contribution in [0.4, 0.5) is 10.1 Å². The average molecular weight is 335 g/mol. The summed E-state index contributed by atoms with van der Waals surface area (Å²) in [7, 11) is 0. The molecule has 5 heteroatoms. The zero-order valence-electron chi connectivity index (χ0n) is 13.0. The highest BCUT2D eigenvalue weighted by atomic mass is 35.5. The molecule has 0 spiro atoms. The maximum atomic E-state index is 14.5. The number of hydrogen-bond donors (Lipinski definition) is 2. The third-order valence-corrected chi connectivity index (χ3v) is 4.09. The number of benzene rings is 2. The highest BCUT2D eigenvalue weighted by Gasteiger charge is 2.17. The quantitative estimate of drug-likeness (QED) is 0.903. The number of hydrogen-bond acceptors (Lipinski definition) is 2. The van der Waals surface area contributed by atoms with Crippen molar-refractivity contribution in [1.82, 2.24) is 5.32 Å². The van der Waals surface area contributed by atoms with Crippen LogP contribution in [0, 0.1) is 12.7 Å². The topological polar surface area (TPSA) is 41.1 Å². The van der Waals surface area contributed by atoms with Crippen LogP contribution >= 0.6 is 12.4 Å². The highest BCUT2D eigenvalue weighted by molar-refractivity contribution is 5.92. The number of anilines is 1. The lowest BCUT2D eigenvalue weighted by Gasteiger charge is -2.19. The Morgan fingerprint density at radius 2 is 2.04 bits per heavy atom. The van der Waals surface area contributed by atoms with Crippen molar-refractivity contribution in [2.24, 2.45) is 0 Å². The van der Waals surface area contributed by atoms with Gasteiger partial charge in [-0.3, -0.25) is 4.79 Å². The fourth-order valence-electron chi connectivity index (χ4n) is 2.81. The first-order chi connectivity index (χ1) is 10.6. The summed E-state index contributed by atoms with van der Waals surface area (Å²) in [6.45, 7) is 3.42. The van der Waals surface area contributed by atoms with E-state index in [4.69, 9.17) is 0 Å². The summed E-state index contributed by atoms with van der Waals surface area (Å²) in [4.78, 5) is 12.2. The number of aryl methyl sites for hydroxylation is 1. The van der Waals surface area contributed by atoms with E-state index in [1.807, 2.05) is 37.3 Å². The average Bonchev–Trinajstić information content (AvgIpc) is 2.53. The van der Waals surface area contributed by atoms with Gasteiger partial charge in [0.15, 0.2) is 0 Å². The number of halogens is 2. The molecule has 0 radical (unpaired) electrons. The van der Waals surface area contributed by atoms with Crippen molar-refractivity contribution in [2.75, 3.05) is 11.9 Å². The van der Waals surface area contributed by atoms with Crippen LogP contribution in [0.1, 0.15) is 22.3 Å². The molecule has 2 aromatic rings. The summed E-state index contributed by atoms with van der Waals surface area (Å²) < 4.78 is 14.5. The van der Waals surface area contributed by atoms with E-state index in [0.29, 0.717) is 18.5 Å². The molecule has 0 saturated carbocycles. The van der Waals surface area contributed by atoms with E-state index in [1.165, 1.54) is 0 Å². The van der Waals surface area contributed by atoms with E-state index in [1.54, 1.807) is 6.07 Å². The van der Waals surface area contributed by atoms with Crippen LogP contribution in [0.15, 0.2) is 36.4 Å². The molecule has 23 heavy (non-hydrogen) atoms. The van der Waals surface area contributed by atoms with Gasteiger partial charge in [-0.15, -0.1) is 12.4 Å². The van der Waals surface area contributed by atoms with Crippen LogP contribution in [0.5, 0.6) is 0 Å². The minimum absolute atomic E-state index is 0. The van der Waals surface area contributed by atoms with Crippen LogP contribution in [-0.2, 0) is 24.2 Å². The minimum atomic E-state index is -0.294. The molecule has 0 aromatic heterocycles. The predicted octanol–water partition coefficient (Wildman–Crippen LogP) is 3.38. The molecule has 0 unspecified atom stereocenters. The Kier molecular flexibility index (Phi) is 5.74. The molecule has 0 fully saturated rings. The lowest BCUT2D eigenvalue weighted by molar-refractivity contribution is -0.115. The molecule has 3 nitrogen and oxygen atoms in total. The summed E-state index contributed by atoms with van der Waals surface area (Å²) in [6, 6.07) is 11.3. The number of carbonyl (C=O) groups excluding carboxylic acids is 1. The van der Waals surface area contributed by atoms with E-state index in [-0.39, 0.29) is 36.2 Å². The fourth-order valence-corrected chi connectivity index (χ4v) is 2.81. The van der Waals surface area contributed by atoms with Crippen molar-refractivity contribution in [3.8, 4) is 0 Å². The van der Waals surface area contributed by atoms with Crippen molar-refractivity contribution in [3.05, 3.63) is 64.5 Å². The van der Waals surface area contributed by atoms with E-state index in [9.17, 15) is 9.18 Å². The van der Waals surface area contributed by atoms with Gasteiger partial charge in [-0.05, 0) is 48.2 Å². The van der Waals surface area contributed by atoms with Gasteiger partial charge in [0.25, 0.3) is 0 Å². The van der Waals surface area contributed by atoms with Crippen molar-refractivity contribution in [1.29, 1.82) is 0 Å². The monoisotopic (exact) mass is 334 g/mol. The molecule has 1 aliphatic heterocycles. The van der Waals surface area contributed by atoms with Crippen LogP contribution < -0.4 is 10.6 Å². The van der Waals surface area contributed by atoms with Crippen LogP contribution in [0.2, 0.25) is 0 Å². The zero-order valence-corrected chi connectivity index (χ0v) is 13.8. The second kappa shape index (κ2) is 7.57. The Morgan fingerprint density at radius 1 is 1.26 bits per heavy atom. The number of nitrogens with one attached hydrogen (secondary N) is 2. The normalized spacial score (nSPS) is 13.0. The molecular formula is C18H20ClFN2O. The number of fused-ring (bicyclic) bond motifs is 1. The number of carbonyl (C=O) groups is 1. The maximum Gasteiger partial charge on any atom is 0.228 e. The van der Waals surface area contributed by atoms with Crippen molar-refractivity contribution in [3.63, 3.8) is 0 Å². The van der Waals surface area contributed by atoms with Gasteiger partial charge in [0.1, 0.15) is 5.82 Å². The minimum Gasteiger partial charge on any atom is -0.323 e. The van der Waals surface area contributed by atoms with Gasteiger partial charge in [-0.1, -0.05) is 30.3 Å². The van der Waals surface area contributed by atoms with Crippen LogP contribution in [0.25, 0.3) is 0 Å². The third-order valence-electron chi connectivity index (χ3n) is 4.09. The van der Waals surface area contributed by atoms with Gasteiger partial charge < -0.3 is 10.6 Å². The largest absolute Gasteiger partial charge is 0.323 e. The molecule has 0 aliphatic carbocycles. The summed E-state index contributed by atoms with van der Waals surface area (Å²) in [6.07, 6.45) is 0.910. The van der Waals surface area contributed by atoms with Gasteiger partial charge in [-0.25, -0.2) is 4.39 Å². The molecule has 0 saturated heterocycles. The van der Waals surface area contributed by atoms with E-state index in [2.05, 4.69) is 10.6 Å². The molecule has 0 atom stereocenters. The lowest BCUT2D eigenvalue weighted by Crippen LogP contribution is -2.25. The number of rotatable bonds is 3. The summed E-state index contributed by atoms with van der Waals surface area (Å²) in [5, 5.41) is 5.91. The second-order valence-electron chi connectivity index (χ2n) is 5.64. The van der Waals surface area contributed by atoms with Crippen molar-refractivity contribution >= 4 is 24.0 Å². The first-order valence-corrected chi connectivity index (χ1v) is 7.50. The molecule has 1 amide bonds. The first-order valence-electron chi connectivity index (χ1n) is 7.50. The zero-order chi connectivity index (χ0) is 15.5. The summed E-state index contributed by atoms with van der Waals surface area (Å²) >= 11 is 0. The lowest BCUT2D eigenvalue weighted by atomic mass is 9.99. The van der Waals surface area contributed by atoms with E-state index in [0.717, 1.165) is 23.2 Å². The van der Waals surface area contributed by atoms with Gasteiger partial charge in [0.05, 0.1) is 12.1 Å². The first kappa shape index (κ1) is 17.4. The van der Waals surface area contributed by atoms with Crippen molar-refractivity contribution < 1.29 is 9.18 Å². The molecule has 3 rings (SSSR count). The van der Waals surface area contributed by atoms with Gasteiger partial charge in [0.2, 0.25) is 5.91 Å². The number of amides is 1. The summed E-state index contributed by atoms with van der Waals surface area (Å²) in [5.74, 6) is -0.487. The Balaban J connectivity index is 0.00000192. The van der Waals surface area contributed by atoms with E-state index >= 15 is 0 Å². The smallest absolute Gasteiger partial charge is 0.228 e. The van der Waals surface area contributed by atoms with Crippen molar-refractivity contribution in [2.45, 2.75) is 26.3 Å². The van der Waals surface area contributed by atoms with Gasteiger partial charge in [-0.2, -0.15) is 0 Å². The molecule has 122 valence electrons. The Labute approximate surface area is 141 Å². The highest BCUT2D eigenvalue weighted by Crippen LogP contribution is 2.24. The maximum absolute atomic E-state index is 14.5. The van der Waals surface area contributed by atoms with Crippen LogP contribution in [-0.4, -0.2) is 12.5 Å². The molecular weight excluding hydrogens is 315 g/mol. The molecule has 2 aromatic carbocycles. The second-order valence-corrected chi connectivity index (χ2v) is 5.64. The summed E-state index contributed by atoms with van der Waals surface area (Å²) in [5.41, 5.74) is 3.99. The Hall–Kier alpha value is -1.91. The fraction of sp³-hybridized carbons (Fsp3) is 0.278. The Bertz CT molecular complexity index is 718. The van der Waals surface area contributed by atoms with Gasteiger partial charge >= 0.3 is 0 Å².